The summed E-state index contributed by atoms with van der Waals surface area (Å²) >= 11 is 5.17. The number of non-ortho nitro benzene ring substituents is 2. The Labute approximate surface area is 199 Å². The second kappa shape index (κ2) is 11.5. The number of rotatable bonds is 9. The fourth-order valence-electron chi connectivity index (χ4n) is 3.06. The third-order valence-electron chi connectivity index (χ3n) is 4.66. The maximum Gasteiger partial charge on any atom is 0.277 e. The van der Waals surface area contributed by atoms with Crippen LogP contribution in [0.4, 0.5) is 17.1 Å². The van der Waals surface area contributed by atoms with Crippen LogP contribution >= 0.6 is 12.2 Å². The van der Waals surface area contributed by atoms with Gasteiger partial charge in [0.2, 0.25) is 0 Å². The average molecular weight is 481 g/mol. The number of amides is 1. The molecule has 0 aliphatic rings. The van der Waals surface area contributed by atoms with Gasteiger partial charge in [-0.25, -0.2) is 0 Å². The molecular weight excluding hydrogens is 460 g/mol. The van der Waals surface area contributed by atoms with E-state index in [-0.39, 0.29) is 10.7 Å². The molecule has 0 unspecified atom stereocenters. The Morgan fingerprint density at radius 1 is 0.912 bits per heavy atom. The van der Waals surface area contributed by atoms with Crippen molar-refractivity contribution in [3.63, 3.8) is 0 Å². The van der Waals surface area contributed by atoms with Gasteiger partial charge in [0, 0.05) is 12.1 Å². The highest BCUT2D eigenvalue weighted by atomic mass is 32.1. The SMILES string of the molecule is O=C(NC(=S)Nc1ccccc1OCCCc1ccccc1)c1cc([N+](=O)[O-])cc([N+](=O)[O-])c1. The van der Waals surface area contributed by atoms with Crippen LogP contribution in [0.3, 0.4) is 0 Å². The molecule has 1 amide bonds. The van der Waals surface area contributed by atoms with Crippen molar-refractivity contribution in [3.05, 3.63) is 104 Å². The minimum Gasteiger partial charge on any atom is -0.491 e. The van der Waals surface area contributed by atoms with E-state index in [1.807, 2.05) is 30.3 Å². The van der Waals surface area contributed by atoms with Crippen molar-refractivity contribution in [1.29, 1.82) is 0 Å². The molecule has 0 bridgehead atoms. The molecule has 0 radical (unpaired) electrons. The van der Waals surface area contributed by atoms with Gasteiger partial charge in [0.1, 0.15) is 5.75 Å². The van der Waals surface area contributed by atoms with Crippen LogP contribution in [0.25, 0.3) is 0 Å². The van der Waals surface area contributed by atoms with Crippen LogP contribution in [0.15, 0.2) is 72.8 Å². The van der Waals surface area contributed by atoms with E-state index in [0.717, 1.165) is 31.0 Å². The van der Waals surface area contributed by atoms with Crippen LogP contribution in [-0.4, -0.2) is 27.5 Å². The molecule has 3 aromatic rings. The summed E-state index contributed by atoms with van der Waals surface area (Å²) in [6.45, 7) is 0.462. The fraction of sp³-hybridized carbons (Fsp3) is 0.130. The number of para-hydroxylation sites is 2. The zero-order valence-corrected chi connectivity index (χ0v) is 18.6. The van der Waals surface area contributed by atoms with E-state index in [2.05, 4.69) is 10.6 Å². The molecule has 3 rings (SSSR count). The minimum atomic E-state index is -0.828. The summed E-state index contributed by atoms with van der Waals surface area (Å²) in [6, 6.07) is 19.7. The lowest BCUT2D eigenvalue weighted by Gasteiger charge is -2.14. The number of nitro benzene ring substituents is 2. The van der Waals surface area contributed by atoms with E-state index >= 15 is 0 Å². The van der Waals surface area contributed by atoms with Crippen molar-refractivity contribution >= 4 is 40.3 Å². The van der Waals surface area contributed by atoms with E-state index in [1.165, 1.54) is 5.56 Å². The number of ether oxygens (including phenoxy) is 1. The normalized spacial score (nSPS) is 10.2. The first kappa shape index (κ1) is 24.3. The van der Waals surface area contributed by atoms with Gasteiger partial charge in [-0.2, -0.15) is 0 Å². The number of hydrogen-bond donors (Lipinski definition) is 2. The Morgan fingerprint density at radius 2 is 1.53 bits per heavy atom. The lowest BCUT2D eigenvalue weighted by Crippen LogP contribution is -2.34. The zero-order chi connectivity index (χ0) is 24.5. The van der Waals surface area contributed by atoms with Gasteiger partial charge in [-0.1, -0.05) is 42.5 Å². The molecule has 0 atom stereocenters. The number of anilines is 1. The summed E-state index contributed by atoms with van der Waals surface area (Å²) in [5.74, 6) is -0.302. The smallest absolute Gasteiger partial charge is 0.277 e. The van der Waals surface area contributed by atoms with E-state index in [4.69, 9.17) is 17.0 Å². The van der Waals surface area contributed by atoms with Gasteiger partial charge < -0.3 is 10.1 Å². The molecule has 11 heteroatoms. The molecule has 3 aromatic carbocycles. The van der Waals surface area contributed by atoms with Crippen LogP contribution in [0, 0.1) is 20.2 Å². The Morgan fingerprint density at radius 3 is 2.18 bits per heavy atom. The number of nitrogens with one attached hydrogen (secondary N) is 2. The number of nitrogens with zero attached hydrogens (tertiary/aromatic N) is 2. The number of nitro groups is 2. The third kappa shape index (κ3) is 6.81. The highest BCUT2D eigenvalue weighted by Crippen LogP contribution is 2.25. The molecule has 0 aliphatic carbocycles. The fourth-order valence-corrected chi connectivity index (χ4v) is 3.27. The highest BCUT2D eigenvalue weighted by Gasteiger charge is 2.20. The van der Waals surface area contributed by atoms with Crippen LogP contribution < -0.4 is 15.4 Å². The maximum absolute atomic E-state index is 12.5. The summed E-state index contributed by atoms with van der Waals surface area (Å²) in [5.41, 5.74) is 0.302. The largest absolute Gasteiger partial charge is 0.491 e. The molecular formula is C23H20N4O6S. The van der Waals surface area contributed by atoms with Crippen molar-refractivity contribution in [2.75, 3.05) is 11.9 Å². The quantitative estimate of drug-likeness (QED) is 0.196. The first-order valence-corrected chi connectivity index (χ1v) is 10.6. The van der Waals surface area contributed by atoms with Crippen molar-refractivity contribution in [3.8, 4) is 5.75 Å². The predicted octanol–water partition coefficient (Wildman–Crippen LogP) is 4.64. The van der Waals surface area contributed by atoms with Gasteiger partial charge in [0.05, 0.1) is 33.8 Å². The summed E-state index contributed by atoms with van der Waals surface area (Å²) in [4.78, 5) is 33.0. The topological polar surface area (TPSA) is 137 Å². The third-order valence-corrected chi connectivity index (χ3v) is 4.86. The van der Waals surface area contributed by atoms with Gasteiger partial charge >= 0.3 is 0 Å². The minimum absolute atomic E-state index is 0.0977. The number of aryl methyl sites for hydroxylation is 1. The van der Waals surface area contributed by atoms with Gasteiger partial charge in [-0.15, -0.1) is 0 Å². The second-order valence-corrected chi connectivity index (χ2v) is 7.50. The first-order chi connectivity index (χ1) is 16.3. The van der Waals surface area contributed by atoms with E-state index in [1.54, 1.807) is 24.3 Å². The van der Waals surface area contributed by atoms with Gasteiger partial charge in [0.15, 0.2) is 5.11 Å². The van der Waals surface area contributed by atoms with Crippen LogP contribution in [-0.2, 0) is 6.42 Å². The standard InChI is InChI=1S/C23H20N4O6S/c28-22(17-13-18(26(29)30)15-19(14-17)27(31)32)25-23(34)24-20-10-4-5-11-21(20)33-12-6-9-16-7-2-1-3-8-16/h1-5,7-8,10-11,13-15H,6,9,12H2,(H2,24,25,28,34). The molecule has 0 saturated heterocycles. The van der Waals surface area contributed by atoms with E-state index < -0.39 is 27.1 Å². The number of carbonyl (C=O) groups is 1. The summed E-state index contributed by atoms with van der Waals surface area (Å²) in [7, 11) is 0. The molecule has 2 N–H and O–H groups in total. The van der Waals surface area contributed by atoms with Gasteiger partial charge in [-0.05, 0) is 42.8 Å². The molecule has 0 spiro atoms. The Balaban J connectivity index is 1.61. The van der Waals surface area contributed by atoms with Gasteiger partial charge in [0.25, 0.3) is 17.3 Å². The van der Waals surface area contributed by atoms with Gasteiger partial charge in [-0.3, -0.25) is 30.3 Å². The molecule has 0 heterocycles. The maximum atomic E-state index is 12.5. The molecule has 34 heavy (non-hydrogen) atoms. The van der Waals surface area contributed by atoms with Crippen LogP contribution in [0.2, 0.25) is 0 Å². The molecule has 0 fully saturated rings. The second-order valence-electron chi connectivity index (χ2n) is 7.09. The number of hydrogen-bond acceptors (Lipinski definition) is 7. The average Bonchev–Trinajstić information content (AvgIpc) is 2.83. The number of carbonyl (C=O) groups excluding carboxylic acids is 1. The van der Waals surface area contributed by atoms with Crippen molar-refractivity contribution in [2.24, 2.45) is 0 Å². The Hall–Kier alpha value is -4.38. The Kier molecular flexibility index (Phi) is 8.19. The van der Waals surface area contributed by atoms with Crippen molar-refractivity contribution < 1.29 is 19.4 Å². The van der Waals surface area contributed by atoms with E-state index in [9.17, 15) is 25.0 Å². The van der Waals surface area contributed by atoms with Crippen LogP contribution in [0.5, 0.6) is 5.75 Å². The molecule has 174 valence electrons. The van der Waals surface area contributed by atoms with E-state index in [0.29, 0.717) is 18.0 Å². The summed E-state index contributed by atoms with van der Waals surface area (Å²) in [5, 5.41) is 27.2. The zero-order valence-electron chi connectivity index (χ0n) is 17.8. The monoisotopic (exact) mass is 480 g/mol. The highest BCUT2D eigenvalue weighted by molar-refractivity contribution is 7.80. The molecule has 10 nitrogen and oxygen atoms in total. The lowest BCUT2D eigenvalue weighted by atomic mass is 10.1. The number of benzene rings is 3. The molecule has 0 aliphatic heterocycles. The molecule has 0 aromatic heterocycles. The van der Waals surface area contributed by atoms with Crippen molar-refractivity contribution in [1.82, 2.24) is 5.32 Å². The molecule has 0 saturated carbocycles. The lowest BCUT2D eigenvalue weighted by molar-refractivity contribution is -0.394. The summed E-state index contributed by atoms with van der Waals surface area (Å²) in [6.07, 6.45) is 1.66. The first-order valence-electron chi connectivity index (χ1n) is 10.2. The van der Waals surface area contributed by atoms with Crippen molar-refractivity contribution in [2.45, 2.75) is 12.8 Å². The van der Waals surface area contributed by atoms with Crippen LogP contribution in [0.1, 0.15) is 22.3 Å². The Bertz CT molecular complexity index is 1190. The number of thiocarbonyl (C=S) groups is 1. The summed E-state index contributed by atoms with van der Waals surface area (Å²) < 4.78 is 5.85. The predicted molar refractivity (Wildman–Crippen MR) is 130 cm³/mol.